The summed E-state index contributed by atoms with van der Waals surface area (Å²) < 4.78 is 75.8. The van der Waals surface area contributed by atoms with E-state index in [1.807, 2.05) is 0 Å². The Kier molecular flexibility index (Phi) is 7.18. The van der Waals surface area contributed by atoms with Crippen molar-refractivity contribution in [1.82, 2.24) is 10.2 Å². The van der Waals surface area contributed by atoms with E-state index in [0.717, 1.165) is 29.7 Å². The number of rotatable bonds is 4. The number of likely N-dealkylation sites (tertiary alicyclic amines) is 1. The van der Waals surface area contributed by atoms with Crippen LogP contribution in [-0.2, 0) is 19.9 Å². The van der Waals surface area contributed by atoms with Crippen LogP contribution in [0.5, 0.6) is 0 Å². The Hall–Kier alpha value is -2.53. The minimum atomic E-state index is -5.18. The van der Waals surface area contributed by atoms with Crippen LogP contribution in [0.2, 0.25) is 0 Å². The van der Waals surface area contributed by atoms with E-state index in [1.165, 1.54) is 12.1 Å². The molecular formula is C25H24BrF5N2O3. The van der Waals surface area contributed by atoms with Crippen LogP contribution in [0.3, 0.4) is 0 Å². The Labute approximate surface area is 213 Å². The van der Waals surface area contributed by atoms with Gasteiger partial charge in [0, 0.05) is 49.1 Å². The standard InChI is InChI=1S/C25H24BrF5N2O3/c1-36-24(25(29,30)31,16-10-17(26)12-19(28)11-16)22(35)33-8-6-23(7-9-33)13-21(34)32-14-20(23)15-2-4-18(27)5-3-15/h2-5,10-12,20H,6-9,13-14H2,1H3,(H,32,34)/t20-,24?/m0/s1. The van der Waals surface area contributed by atoms with Crippen LogP contribution in [0.4, 0.5) is 22.0 Å². The quantitative estimate of drug-likeness (QED) is 0.520. The minimum Gasteiger partial charge on any atom is -0.356 e. The molecule has 0 aromatic heterocycles. The Bertz CT molecular complexity index is 1130. The van der Waals surface area contributed by atoms with Gasteiger partial charge in [-0.1, -0.05) is 28.1 Å². The average Bonchev–Trinajstić information content (AvgIpc) is 2.80. The maximum absolute atomic E-state index is 14.5. The van der Waals surface area contributed by atoms with Gasteiger partial charge in [0.05, 0.1) is 0 Å². The Morgan fingerprint density at radius 2 is 1.72 bits per heavy atom. The number of carbonyl (C=O) groups is 2. The van der Waals surface area contributed by atoms with Gasteiger partial charge in [0.1, 0.15) is 11.6 Å². The van der Waals surface area contributed by atoms with Gasteiger partial charge in [-0.15, -0.1) is 0 Å². The third kappa shape index (κ3) is 4.63. The van der Waals surface area contributed by atoms with Crippen molar-refractivity contribution >= 4 is 27.7 Å². The zero-order chi connectivity index (χ0) is 26.3. The number of hydrogen-bond acceptors (Lipinski definition) is 3. The molecule has 2 aliphatic heterocycles. The summed E-state index contributed by atoms with van der Waals surface area (Å²) >= 11 is 2.98. The Morgan fingerprint density at radius 1 is 1.08 bits per heavy atom. The van der Waals surface area contributed by atoms with Crippen molar-refractivity contribution in [3.8, 4) is 0 Å². The molecule has 1 spiro atoms. The minimum absolute atomic E-state index is 0.0314. The Morgan fingerprint density at radius 3 is 2.28 bits per heavy atom. The number of benzene rings is 2. The number of hydrogen-bond donors (Lipinski definition) is 1. The molecule has 2 atom stereocenters. The van der Waals surface area contributed by atoms with Crippen LogP contribution in [0, 0.1) is 17.0 Å². The summed E-state index contributed by atoms with van der Waals surface area (Å²) in [5.74, 6) is -3.07. The molecule has 0 radical (unpaired) electrons. The Balaban J connectivity index is 1.64. The van der Waals surface area contributed by atoms with E-state index in [-0.39, 0.29) is 48.6 Å². The van der Waals surface area contributed by atoms with Crippen molar-refractivity contribution in [1.29, 1.82) is 0 Å². The predicted octanol–water partition coefficient (Wildman–Crippen LogP) is 5.04. The summed E-state index contributed by atoms with van der Waals surface area (Å²) in [5.41, 5.74) is -3.87. The normalized spacial score (nSPS) is 21.7. The molecule has 2 aromatic rings. The number of halogens is 6. The highest BCUT2D eigenvalue weighted by atomic mass is 79.9. The maximum Gasteiger partial charge on any atom is 0.430 e. The van der Waals surface area contributed by atoms with Crippen LogP contribution in [0.25, 0.3) is 0 Å². The van der Waals surface area contributed by atoms with Crippen molar-refractivity contribution in [3.05, 3.63) is 69.7 Å². The van der Waals surface area contributed by atoms with E-state index in [4.69, 9.17) is 4.74 Å². The molecule has 2 saturated heterocycles. The van der Waals surface area contributed by atoms with Crippen molar-refractivity contribution < 1.29 is 36.3 Å². The first kappa shape index (κ1) is 26.5. The summed E-state index contributed by atoms with van der Waals surface area (Å²) in [6.07, 6.45) is -4.51. The fraction of sp³-hybridized carbons (Fsp3) is 0.440. The summed E-state index contributed by atoms with van der Waals surface area (Å²) in [6.45, 7) is 0.198. The van der Waals surface area contributed by atoms with Crippen molar-refractivity contribution in [2.75, 3.05) is 26.7 Å². The fourth-order valence-electron chi connectivity index (χ4n) is 5.49. The van der Waals surface area contributed by atoms with Crippen LogP contribution < -0.4 is 5.32 Å². The molecule has 1 unspecified atom stereocenters. The van der Waals surface area contributed by atoms with E-state index in [9.17, 15) is 31.5 Å². The van der Waals surface area contributed by atoms with E-state index < -0.39 is 40.3 Å². The number of alkyl halides is 3. The number of carbonyl (C=O) groups excluding carboxylic acids is 2. The molecule has 0 bridgehead atoms. The molecule has 0 aliphatic carbocycles. The van der Waals surface area contributed by atoms with Gasteiger partial charge in [0.2, 0.25) is 5.91 Å². The number of nitrogens with one attached hydrogen (secondary N) is 1. The fourth-order valence-corrected chi connectivity index (χ4v) is 5.96. The number of amides is 2. The molecule has 2 aliphatic rings. The summed E-state index contributed by atoms with van der Waals surface area (Å²) in [7, 11) is 0.770. The lowest BCUT2D eigenvalue weighted by Crippen LogP contribution is -2.60. The van der Waals surface area contributed by atoms with E-state index in [1.54, 1.807) is 12.1 Å². The lowest BCUT2D eigenvalue weighted by molar-refractivity contribution is -0.271. The second-order valence-electron chi connectivity index (χ2n) is 9.28. The molecule has 1 N–H and O–H groups in total. The van der Waals surface area contributed by atoms with Gasteiger partial charge in [-0.3, -0.25) is 9.59 Å². The highest BCUT2D eigenvalue weighted by molar-refractivity contribution is 9.10. The zero-order valence-electron chi connectivity index (χ0n) is 19.3. The van der Waals surface area contributed by atoms with Crippen molar-refractivity contribution in [2.45, 2.75) is 37.0 Å². The molecule has 36 heavy (non-hydrogen) atoms. The molecule has 2 heterocycles. The van der Waals surface area contributed by atoms with Gasteiger partial charge in [-0.2, -0.15) is 13.2 Å². The van der Waals surface area contributed by atoms with Crippen molar-refractivity contribution in [2.24, 2.45) is 5.41 Å². The zero-order valence-corrected chi connectivity index (χ0v) is 20.9. The van der Waals surface area contributed by atoms with Gasteiger partial charge in [-0.05, 0) is 54.2 Å². The third-order valence-electron chi connectivity index (χ3n) is 7.35. The van der Waals surface area contributed by atoms with Gasteiger partial charge < -0.3 is 15.0 Å². The van der Waals surface area contributed by atoms with E-state index >= 15 is 0 Å². The van der Waals surface area contributed by atoms with E-state index in [0.29, 0.717) is 12.6 Å². The van der Waals surface area contributed by atoms with Crippen LogP contribution in [0.1, 0.15) is 36.3 Å². The average molecular weight is 575 g/mol. The van der Waals surface area contributed by atoms with Gasteiger partial charge in [0.25, 0.3) is 11.5 Å². The third-order valence-corrected chi connectivity index (χ3v) is 7.81. The molecule has 0 saturated carbocycles. The summed E-state index contributed by atoms with van der Waals surface area (Å²) in [4.78, 5) is 26.8. The molecule has 2 aromatic carbocycles. The first-order chi connectivity index (χ1) is 16.9. The SMILES string of the molecule is COC(C(=O)N1CCC2(CC1)CC(=O)NC[C@H]2c1ccc(F)cc1)(c1cc(F)cc(Br)c1)C(F)(F)F. The lowest BCUT2D eigenvalue weighted by atomic mass is 9.62. The highest BCUT2D eigenvalue weighted by Gasteiger charge is 2.64. The number of nitrogens with zero attached hydrogens (tertiary/aromatic N) is 1. The van der Waals surface area contributed by atoms with Gasteiger partial charge >= 0.3 is 6.18 Å². The van der Waals surface area contributed by atoms with Crippen LogP contribution in [-0.4, -0.2) is 49.6 Å². The molecule has 2 fully saturated rings. The second kappa shape index (κ2) is 9.74. The molecule has 4 rings (SSSR count). The molecule has 11 heteroatoms. The first-order valence-electron chi connectivity index (χ1n) is 11.3. The van der Waals surface area contributed by atoms with Gasteiger partial charge in [-0.25, -0.2) is 8.78 Å². The highest BCUT2D eigenvalue weighted by Crippen LogP contribution is 2.50. The maximum atomic E-state index is 14.5. The number of ether oxygens (including phenoxy) is 1. The van der Waals surface area contributed by atoms with E-state index in [2.05, 4.69) is 21.2 Å². The smallest absolute Gasteiger partial charge is 0.356 e. The molecular weight excluding hydrogens is 551 g/mol. The monoisotopic (exact) mass is 574 g/mol. The topological polar surface area (TPSA) is 58.6 Å². The first-order valence-corrected chi connectivity index (χ1v) is 12.1. The van der Waals surface area contributed by atoms with Gasteiger partial charge in [0.15, 0.2) is 0 Å². The predicted molar refractivity (Wildman–Crippen MR) is 124 cm³/mol. The molecule has 2 amide bonds. The van der Waals surface area contributed by atoms with Crippen LogP contribution in [0.15, 0.2) is 46.9 Å². The summed E-state index contributed by atoms with van der Waals surface area (Å²) in [6, 6.07) is 8.56. The molecule has 5 nitrogen and oxygen atoms in total. The number of methoxy groups -OCH3 is 1. The van der Waals surface area contributed by atoms with Crippen molar-refractivity contribution in [3.63, 3.8) is 0 Å². The molecule has 194 valence electrons. The largest absolute Gasteiger partial charge is 0.430 e. The second-order valence-corrected chi connectivity index (χ2v) is 10.2. The van der Waals surface area contributed by atoms with Crippen LogP contribution >= 0.6 is 15.9 Å². The summed E-state index contributed by atoms with van der Waals surface area (Å²) in [5, 5.41) is 2.81. The number of piperidine rings is 2. The lowest BCUT2D eigenvalue weighted by Gasteiger charge is -2.50.